The second kappa shape index (κ2) is 10.5. The molecule has 0 amide bonds. The molecular formula is C42H27NOS. The van der Waals surface area contributed by atoms with E-state index in [1.54, 1.807) is 11.3 Å². The normalized spacial score (nSPS) is 13.1. The van der Waals surface area contributed by atoms with E-state index in [9.17, 15) is 0 Å². The first-order valence-corrected chi connectivity index (χ1v) is 15.6. The lowest BCUT2D eigenvalue weighted by Crippen LogP contribution is -2.10. The predicted molar refractivity (Wildman–Crippen MR) is 192 cm³/mol. The minimum Gasteiger partial charge on any atom is -0.456 e. The van der Waals surface area contributed by atoms with E-state index in [2.05, 4.69) is 83.8 Å². The molecule has 0 spiro atoms. The fourth-order valence-electron chi connectivity index (χ4n) is 6.29. The molecule has 0 bridgehead atoms. The smallest absolute Gasteiger partial charge is 0.137 e. The first-order chi connectivity index (χ1) is 24.4. The maximum absolute atomic E-state index is 8.38. The third-order valence-electron chi connectivity index (χ3n) is 8.38. The molecule has 0 unspecified atom stereocenters. The van der Waals surface area contributed by atoms with Crippen molar-refractivity contribution in [2.45, 2.75) is 0 Å². The van der Waals surface area contributed by atoms with Gasteiger partial charge in [-0.15, -0.1) is 11.3 Å². The maximum Gasteiger partial charge on any atom is 0.137 e. The van der Waals surface area contributed by atoms with Crippen LogP contribution < -0.4 is 4.90 Å². The number of rotatable bonds is 5. The highest BCUT2D eigenvalue weighted by Crippen LogP contribution is 2.48. The van der Waals surface area contributed by atoms with E-state index in [0.717, 1.165) is 50.1 Å². The minimum atomic E-state index is -0.393. The molecule has 0 N–H and O–H groups in total. The molecule has 212 valence electrons. The summed E-state index contributed by atoms with van der Waals surface area (Å²) in [4.78, 5) is 2.33. The summed E-state index contributed by atoms with van der Waals surface area (Å²) in [6.45, 7) is 0. The van der Waals surface area contributed by atoms with Crippen molar-refractivity contribution in [2.24, 2.45) is 0 Å². The number of thiophene rings is 1. The molecule has 0 atom stereocenters. The first kappa shape index (κ1) is 21.1. The number of nitrogens with zero attached hydrogens (tertiary/aromatic N) is 1. The van der Waals surface area contributed by atoms with E-state index in [1.165, 1.54) is 20.2 Å². The molecule has 9 rings (SSSR count). The number of hydrogen-bond acceptors (Lipinski definition) is 3. The highest BCUT2D eigenvalue weighted by atomic mass is 32.1. The Kier molecular flexibility index (Phi) is 4.94. The van der Waals surface area contributed by atoms with Gasteiger partial charge in [-0.05, 0) is 64.7 Å². The Balaban J connectivity index is 1.18. The molecule has 0 fully saturated rings. The monoisotopic (exact) mass is 598 g/mol. The number of para-hydroxylation sites is 1. The van der Waals surface area contributed by atoms with Crippen LogP contribution in [-0.4, -0.2) is 0 Å². The second-order valence-electron chi connectivity index (χ2n) is 11.0. The lowest BCUT2D eigenvalue weighted by Gasteiger charge is -2.27. The highest BCUT2D eigenvalue weighted by molar-refractivity contribution is 7.26. The number of fused-ring (bicyclic) bond motifs is 6. The zero-order chi connectivity index (χ0) is 34.1. The Bertz CT molecular complexity index is 2740. The topological polar surface area (TPSA) is 16.4 Å². The molecule has 0 radical (unpaired) electrons. The summed E-state index contributed by atoms with van der Waals surface area (Å²) in [5.74, 6) is 0. The van der Waals surface area contributed by atoms with Gasteiger partial charge in [0.05, 0.1) is 28.3 Å². The van der Waals surface area contributed by atoms with Crippen molar-refractivity contribution < 1.29 is 11.3 Å². The molecule has 3 heteroatoms. The number of furan rings is 1. The van der Waals surface area contributed by atoms with Crippen LogP contribution in [0, 0.1) is 0 Å². The van der Waals surface area contributed by atoms with Crippen molar-refractivity contribution in [1.82, 2.24) is 0 Å². The van der Waals surface area contributed by atoms with E-state index in [0.29, 0.717) is 5.56 Å². The molecule has 2 heterocycles. The van der Waals surface area contributed by atoms with Crippen molar-refractivity contribution in [3.63, 3.8) is 0 Å². The molecule has 0 saturated heterocycles. The summed E-state index contributed by atoms with van der Waals surface area (Å²) in [6.07, 6.45) is 0. The molecule has 0 saturated carbocycles. The number of anilines is 3. The summed E-state index contributed by atoms with van der Waals surface area (Å²) < 4.78 is 49.6. The van der Waals surface area contributed by atoms with Gasteiger partial charge in [-0.3, -0.25) is 0 Å². The fraction of sp³-hybridized carbons (Fsp3) is 0. The first-order valence-electron chi connectivity index (χ1n) is 17.3. The van der Waals surface area contributed by atoms with Crippen LogP contribution in [0.4, 0.5) is 17.1 Å². The summed E-state index contributed by atoms with van der Waals surface area (Å²) in [5, 5.41) is 4.56. The van der Waals surface area contributed by atoms with Gasteiger partial charge in [0.1, 0.15) is 11.2 Å². The van der Waals surface area contributed by atoms with Gasteiger partial charge in [0.15, 0.2) is 0 Å². The number of hydrogen-bond donors (Lipinski definition) is 0. The Labute approximate surface area is 272 Å². The van der Waals surface area contributed by atoms with Crippen LogP contribution >= 0.6 is 11.3 Å². The van der Waals surface area contributed by atoms with Crippen LogP contribution in [0.2, 0.25) is 0 Å². The maximum atomic E-state index is 8.38. The van der Waals surface area contributed by atoms with Gasteiger partial charge in [-0.2, -0.15) is 0 Å². The molecule has 0 aliphatic carbocycles. The molecule has 2 aromatic heterocycles. The fourth-order valence-corrected chi connectivity index (χ4v) is 7.49. The Hall–Kier alpha value is -5.64. The zero-order valence-electron chi connectivity index (χ0n) is 29.0. The Morgan fingerprint density at radius 1 is 0.489 bits per heavy atom. The highest BCUT2D eigenvalue weighted by Gasteiger charge is 2.22. The van der Waals surface area contributed by atoms with Crippen LogP contribution in [0.25, 0.3) is 64.4 Å². The van der Waals surface area contributed by atoms with Gasteiger partial charge in [-0.25, -0.2) is 0 Å². The molecule has 2 nitrogen and oxygen atoms in total. The van der Waals surface area contributed by atoms with Crippen molar-refractivity contribution in [3.8, 4) is 22.3 Å². The van der Waals surface area contributed by atoms with E-state index >= 15 is 0 Å². The summed E-state index contributed by atoms with van der Waals surface area (Å²) in [6, 6.07) is 43.9. The number of benzene rings is 7. The van der Waals surface area contributed by atoms with Crippen molar-refractivity contribution in [1.29, 1.82) is 0 Å². The van der Waals surface area contributed by atoms with Gasteiger partial charge >= 0.3 is 0 Å². The van der Waals surface area contributed by atoms with E-state index < -0.39 is 6.04 Å². The van der Waals surface area contributed by atoms with E-state index in [4.69, 9.17) is 11.3 Å². The molecular weight excluding hydrogens is 567 g/mol. The molecule has 9 aromatic rings. The standard InChI is InChI=1S/C42H27NOS/c1-2-10-28(11-3-1)29-20-22-30(23-21-29)31-24-26-32(27-25-31)43(36-15-9-18-39-41(36)35-13-4-6-17-38(35)44-39)37-16-8-14-34-33-12-5-7-19-40(33)45-42(34)37/h1-27H/i1D,2D,3D,10D,11D. The van der Waals surface area contributed by atoms with Crippen LogP contribution in [0.3, 0.4) is 0 Å². The average molecular weight is 599 g/mol. The van der Waals surface area contributed by atoms with E-state index in [-0.39, 0.29) is 29.7 Å². The third kappa shape index (κ3) is 4.32. The van der Waals surface area contributed by atoms with E-state index in [1.807, 2.05) is 54.6 Å². The van der Waals surface area contributed by atoms with Crippen molar-refractivity contribution in [3.05, 3.63) is 164 Å². The van der Waals surface area contributed by atoms with Crippen LogP contribution in [0.5, 0.6) is 0 Å². The van der Waals surface area contributed by atoms with Gasteiger partial charge in [0.25, 0.3) is 0 Å². The predicted octanol–water partition coefficient (Wildman–Crippen LogP) is 12.8. The SMILES string of the molecule is [2H]c1c([2H])c([2H])c(-c2ccc(-c3ccc(N(c4cccc5c4sc4ccccc45)c4cccc5oc6ccccc6c45)cc3)cc2)c([2H])c1[2H]. The quantitative estimate of drug-likeness (QED) is 0.196. The Morgan fingerprint density at radius 3 is 1.89 bits per heavy atom. The summed E-state index contributed by atoms with van der Waals surface area (Å²) in [5.41, 5.74) is 7.49. The zero-order valence-corrected chi connectivity index (χ0v) is 24.8. The van der Waals surface area contributed by atoms with Gasteiger partial charge in [0, 0.05) is 26.5 Å². The molecule has 45 heavy (non-hydrogen) atoms. The van der Waals surface area contributed by atoms with Gasteiger partial charge < -0.3 is 9.32 Å². The lowest BCUT2D eigenvalue weighted by molar-refractivity contribution is 0.669. The van der Waals surface area contributed by atoms with Crippen molar-refractivity contribution >= 4 is 70.5 Å². The lowest BCUT2D eigenvalue weighted by atomic mass is 10.00. The molecule has 0 aliphatic rings. The average Bonchev–Trinajstić information content (AvgIpc) is 3.74. The largest absolute Gasteiger partial charge is 0.456 e. The van der Waals surface area contributed by atoms with Gasteiger partial charge in [-0.1, -0.05) is 121 Å². The Morgan fingerprint density at radius 2 is 1.09 bits per heavy atom. The summed E-state index contributed by atoms with van der Waals surface area (Å²) in [7, 11) is 0. The molecule has 7 aromatic carbocycles. The van der Waals surface area contributed by atoms with Gasteiger partial charge in [0.2, 0.25) is 0 Å². The van der Waals surface area contributed by atoms with Crippen LogP contribution in [-0.2, 0) is 0 Å². The van der Waals surface area contributed by atoms with Crippen LogP contribution in [0.15, 0.2) is 168 Å². The molecule has 0 aliphatic heterocycles. The van der Waals surface area contributed by atoms with Crippen molar-refractivity contribution in [2.75, 3.05) is 4.90 Å². The minimum absolute atomic E-state index is 0.199. The van der Waals surface area contributed by atoms with Crippen LogP contribution in [0.1, 0.15) is 6.85 Å². The summed E-state index contributed by atoms with van der Waals surface area (Å²) >= 11 is 1.80. The second-order valence-corrected chi connectivity index (χ2v) is 12.0. The third-order valence-corrected chi connectivity index (χ3v) is 9.59.